The average Bonchev–Trinajstić information content (AvgIpc) is 2.40. The summed E-state index contributed by atoms with van der Waals surface area (Å²) in [7, 11) is -5.38. The highest BCUT2D eigenvalue weighted by Crippen LogP contribution is 2.35. The van der Waals surface area contributed by atoms with Crippen LogP contribution in [0.4, 0.5) is 18.9 Å². The van der Waals surface area contributed by atoms with Gasteiger partial charge in [-0.2, -0.15) is 13.2 Å². The summed E-state index contributed by atoms with van der Waals surface area (Å²) in [6.07, 6.45) is 3.37. The molecule has 0 aromatic heterocycles. The van der Waals surface area contributed by atoms with Crippen LogP contribution in [-0.2, 0) is 9.84 Å². The third kappa shape index (κ3) is 3.32. The molecule has 118 valence electrons. The molecule has 1 aliphatic rings. The van der Waals surface area contributed by atoms with E-state index >= 15 is 0 Å². The Morgan fingerprint density at radius 2 is 1.76 bits per heavy atom. The Balaban J connectivity index is 2.34. The molecule has 0 radical (unpaired) electrons. The number of hydrogen-bond acceptors (Lipinski definition) is 4. The van der Waals surface area contributed by atoms with Crippen LogP contribution in [0, 0.1) is 0 Å². The van der Waals surface area contributed by atoms with Crippen molar-refractivity contribution in [1.29, 1.82) is 0 Å². The summed E-state index contributed by atoms with van der Waals surface area (Å²) in [5.41, 5.74) is 0.573. The fraction of sp³-hybridized carbons (Fsp3) is 0.538. The number of sulfone groups is 1. The third-order valence-electron chi connectivity index (χ3n) is 3.64. The summed E-state index contributed by atoms with van der Waals surface area (Å²) in [6.45, 7) is 0. The molecule has 1 aliphatic carbocycles. The lowest BCUT2D eigenvalue weighted by atomic mass is 9.91. The maximum absolute atomic E-state index is 12.7. The van der Waals surface area contributed by atoms with E-state index < -0.39 is 20.2 Å². The number of hydrogen-bond donors (Lipinski definition) is 2. The van der Waals surface area contributed by atoms with Crippen LogP contribution in [-0.4, -0.2) is 26.0 Å². The van der Waals surface area contributed by atoms with E-state index in [1.54, 1.807) is 0 Å². The van der Waals surface area contributed by atoms with Gasteiger partial charge in [0.1, 0.15) is 0 Å². The smallest absolute Gasteiger partial charge is 0.380 e. The van der Waals surface area contributed by atoms with E-state index in [0.717, 1.165) is 25.3 Å². The van der Waals surface area contributed by atoms with Crippen molar-refractivity contribution in [2.75, 3.05) is 5.32 Å². The fourth-order valence-corrected chi connectivity index (χ4v) is 3.41. The van der Waals surface area contributed by atoms with E-state index in [4.69, 9.17) is 5.73 Å². The second-order valence-electron chi connectivity index (χ2n) is 5.14. The first kappa shape index (κ1) is 16.1. The molecular weight excluding hydrogens is 305 g/mol. The highest BCUT2D eigenvalue weighted by Gasteiger charge is 2.48. The van der Waals surface area contributed by atoms with Gasteiger partial charge < -0.3 is 11.1 Å². The zero-order valence-electron chi connectivity index (χ0n) is 11.2. The van der Waals surface area contributed by atoms with E-state index in [1.807, 2.05) is 0 Å². The molecule has 8 heteroatoms. The van der Waals surface area contributed by atoms with Gasteiger partial charge in [0.05, 0.1) is 10.6 Å². The highest BCUT2D eigenvalue weighted by molar-refractivity contribution is 7.92. The normalized spacial score (nSPS) is 23.8. The van der Waals surface area contributed by atoms with Crippen LogP contribution in [0.3, 0.4) is 0 Å². The topological polar surface area (TPSA) is 72.2 Å². The monoisotopic (exact) mass is 322 g/mol. The Labute approximate surface area is 121 Å². The fourth-order valence-electron chi connectivity index (χ4n) is 2.48. The van der Waals surface area contributed by atoms with Crippen LogP contribution >= 0.6 is 0 Å². The molecule has 0 heterocycles. The minimum atomic E-state index is -5.38. The van der Waals surface area contributed by atoms with Crippen molar-refractivity contribution in [2.45, 2.75) is 48.2 Å². The summed E-state index contributed by atoms with van der Waals surface area (Å²) >= 11 is 0. The molecule has 0 saturated heterocycles. The van der Waals surface area contributed by atoms with Gasteiger partial charge in [-0.3, -0.25) is 0 Å². The maximum atomic E-state index is 12.7. The van der Waals surface area contributed by atoms with Crippen LogP contribution in [0.2, 0.25) is 0 Å². The zero-order chi connectivity index (χ0) is 15.7. The van der Waals surface area contributed by atoms with Crippen LogP contribution < -0.4 is 11.1 Å². The average molecular weight is 322 g/mol. The van der Waals surface area contributed by atoms with Crippen LogP contribution in [0.1, 0.15) is 25.7 Å². The first-order valence-corrected chi connectivity index (χ1v) is 8.14. The Hall–Kier alpha value is -1.28. The van der Waals surface area contributed by atoms with E-state index in [1.165, 1.54) is 18.2 Å². The molecule has 1 aromatic rings. The molecule has 3 N–H and O–H groups in total. The quantitative estimate of drug-likeness (QED) is 0.897. The van der Waals surface area contributed by atoms with Gasteiger partial charge in [0.25, 0.3) is 9.84 Å². The predicted octanol–water partition coefficient (Wildman–Crippen LogP) is 2.66. The zero-order valence-corrected chi connectivity index (χ0v) is 12.0. The van der Waals surface area contributed by atoms with Crippen molar-refractivity contribution in [1.82, 2.24) is 0 Å². The molecular formula is C13H17F3N2O2S. The van der Waals surface area contributed by atoms with Crippen LogP contribution in [0.25, 0.3) is 0 Å². The molecule has 0 unspecified atom stereocenters. The summed E-state index contributed by atoms with van der Waals surface area (Å²) in [4.78, 5) is -0.754. The van der Waals surface area contributed by atoms with E-state index in [0.29, 0.717) is 6.42 Å². The van der Waals surface area contributed by atoms with Crippen LogP contribution in [0.5, 0.6) is 0 Å². The number of alkyl halides is 3. The van der Waals surface area contributed by atoms with Crippen molar-refractivity contribution >= 4 is 15.5 Å². The second kappa shape index (κ2) is 5.84. The molecule has 2 atom stereocenters. The lowest BCUT2D eigenvalue weighted by molar-refractivity contribution is -0.0435. The van der Waals surface area contributed by atoms with Gasteiger partial charge in [0.15, 0.2) is 0 Å². The first-order valence-electron chi connectivity index (χ1n) is 6.66. The Bertz CT molecular complexity index is 602. The largest absolute Gasteiger partial charge is 0.501 e. The SMILES string of the molecule is N[C@@H]1CCCC[C@H]1Nc1ccccc1S(=O)(=O)C(F)(F)F. The van der Waals surface area contributed by atoms with Gasteiger partial charge in [0.2, 0.25) is 0 Å². The standard InChI is InChI=1S/C13H17F3N2O2S/c14-13(15,16)21(19,20)12-8-4-3-7-11(12)18-10-6-2-1-5-9(10)17/h3-4,7-10,18H,1-2,5-6,17H2/t9-,10-/m1/s1. The van der Waals surface area contributed by atoms with Crippen molar-refractivity contribution in [3.05, 3.63) is 24.3 Å². The minimum absolute atomic E-state index is 0.0443. The summed E-state index contributed by atoms with van der Waals surface area (Å²) in [5, 5.41) is 2.87. The number of halogens is 3. The Morgan fingerprint density at radius 1 is 1.14 bits per heavy atom. The van der Waals surface area contributed by atoms with Gasteiger partial charge in [-0.05, 0) is 25.0 Å². The molecule has 0 spiro atoms. The molecule has 0 amide bonds. The molecule has 0 bridgehead atoms. The highest BCUT2D eigenvalue weighted by atomic mass is 32.2. The maximum Gasteiger partial charge on any atom is 0.501 e. The number of para-hydroxylation sites is 1. The number of nitrogens with two attached hydrogens (primary N) is 1. The van der Waals surface area contributed by atoms with Gasteiger partial charge in [-0.1, -0.05) is 25.0 Å². The van der Waals surface area contributed by atoms with Gasteiger partial charge in [-0.25, -0.2) is 8.42 Å². The van der Waals surface area contributed by atoms with Crippen molar-refractivity contribution in [3.63, 3.8) is 0 Å². The number of nitrogens with one attached hydrogen (secondary N) is 1. The summed E-state index contributed by atoms with van der Waals surface area (Å²) in [6, 6.07) is 4.64. The van der Waals surface area contributed by atoms with Crippen molar-refractivity contribution < 1.29 is 21.6 Å². The van der Waals surface area contributed by atoms with Gasteiger partial charge >= 0.3 is 5.51 Å². The van der Waals surface area contributed by atoms with Gasteiger partial charge in [0, 0.05) is 12.1 Å². The molecule has 1 aromatic carbocycles. The molecule has 0 aliphatic heterocycles. The van der Waals surface area contributed by atoms with E-state index in [-0.39, 0.29) is 17.8 Å². The summed E-state index contributed by atoms with van der Waals surface area (Å²) < 4.78 is 61.3. The van der Waals surface area contributed by atoms with Crippen molar-refractivity contribution in [3.8, 4) is 0 Å². The predicted molar refractivity (Wildman–Crippen MR) is 73.5 cm³/mol. The Morgan fingerprint density at radius 3 is 2.38 bits per heavy atom. The number of benzene rings is 1. The minimum Gasteiger partial charge on any atom is -0.380 e. The second-order valence-corrected chi connectivity index (χ2v) is 7.05. The van der Waals surface area contributed by atoms with E-state index in [2.05, 4.69) is 5.32 Å². The molecule has 4 nitrogen and oxygen atoms in total. The first-order chi connectivity index (χ1) is 9.73. The lowest BCUT2D eigenvalue weighted by Gasteiger charge is -2.30. The number of rotatable bonds is 3. The van der Waals surface area contributed by atoms with Gasteiger partial charge in [-0.15, -0.1) is 0 Å². The molecule has 1 saturated carbocycles. The lowest BCUT2D eigenvalue weighted by Crippen LogP contribution is -2.43. The molecule has 21 heavy (non-hydrogen) atoms. The Kier molecular flexibility index (Phi) is 4.48. The number of anilines is 1. The van der Waals surface area contributed by atoms with E-state index in [9.17, 15) is 21.6 Å². The third-order valence-corrected chi connectivity index (χ3v) is 5.19. The molecule has 2 rings (SSSR count). The molecule has 1 fully saturated rings. The summed E-state index contributed by atoms with van der Waals surface area (Å²) in [5.74, 6) is 0. The van der Waals surface area contributed by atoms with Crippen LogP contribution in [0.15, 0.2) is 29.2 Å². The van der Waals surface area contributed by atoms with Crippen molar-refractivity contribution in [2.24, 2.45) is 5.73 Å².